The minimum atomic E-state index is -0.266. The van der Waals surface area contributed by atoms with Crippen LogP contribution in [0.25, 0.3) is 5.70 Å². The molecule has 122 valence electrons. The van der Waals surface area contributed by atoms with Crippen LogP contribution in [0.1, 0.15) is 24.0 Å². The Morgan fingerprint density at radius 1 is 1.21 bits per heavy atom. The second kappa shape index (κ2) is 5.72. The molecule has 1 fully saturated rings. The van der Waals surface area contributed by atoms with Gasteiger partial charge < -0.3 is 5.32 Å². The number of halogens is 1. The smallest absolute Gasteiger partial charge is 0.264 e. The Morgan fingerprint density at radius 3 is 2.71 bits per heavy atom. The van der Waals surface area contributed by atoms with Crippen molar-refractivity contribution in [2.45, 2.75) is 25.0 Å². The molecule has 0 aliphatic carbocycles. The fourth-order valence-electron chi connectivity index (χ4n) is 3.41. The van der Waals surface area contributed by atoms with E-state index in [1.54, 1.807) is 35.6 Å². The highest BCUT2D eigenvalue weighted by Crippen LogP contribution is 2.34. The highest BCUT2D eigenvalue weighted by Gasteiger charge is 2.44. The largest absolute Gasteiger partial charge is 0.363 e. The van der Waals surface area contributed by atoms with Crippen LogP contribution in [0.5, 0.6) is 0 Å². The van der Waals surface area contributed by atoms with Crippen molar-refractivity contribution >= 4 is 11.6 Å². The van der Waals surface area contributed by atoms with E-state index >= 15 is 0 Å². The summed E-state index contributed by atoms with van der Waals surface area (Å²) in [7, 11) is 0. The Kier molecular flexibility index (Phi) is 3.54. The summed E-state index contributed by atoms with van der Waals surface area (Å²) in [5.41, 5.74) is 5.80. The lowest BCUT2D eigenvalue weighted by Crippen LogP contribution is -2.52. The van der Waals surface area contributed by atoms with E-state index in [0.717, 1.165) is 16.8 Å². The van der Waals surface area contributed by atoms with Gasteiger partial charge in [0.2, 0.25) is 0 Å². The number of amides is 1. The second-order valence-corrected chi connectivity index (χ2v) is 6.09. The summed E-state index contributed by atoms with van der Waals surface area (Å²) in [6, 6.07) is 10.2. The molecule has 1 aromatic heterocycles. The number of hydrazine groups is 1. The van der Waals surface area contributed by atoms with Crippen LogP contribution >= 0.6 is 0 Å². The number of rotatable bonds is 2. The summed E-state index contributed by atoms with van der Waals surface area (Å²) >= 11 is 0. The Hall–Kier alpha value is -2.73. The quantitative estimate of drug-likeness (QED) is 0.887. The van der Waals surface area contributed by atoms with Gasteiger partial charge in [0.15, 0.2) is 0 Å². The minimum Gasteiger partial charge on any atom is -0.363 e. The van der Waals surface area contributed by atoms with Crippen molar-refractivity contribution in [3.05, 3.63) is 71.8 Å². The summed E-state index contributed by atoms with van der Waals surface area (Å²) in [6.45, 7) is 2.02. The van der Waals surface area contributed by atoms with Crippen LogP contribution < -0.4 is 10.7 Å². The molecule has 5 nitrogen and oxygen atoms in total. The maximum absolute atomic E-state index is 13.2. The molecule has 1 amide bonds. The number of pyridine rings is 1. The molecule has 0 spiro atoms. The summed E-state index contributed by atoms with van der Waals surface area (Å²) in [5, 5.41) is 5.04. The maximum Gasteiger partial charge on any atom is 0.264 e. The number of aromatic nitrogens is 1. The zero-order valence-corrected chi connectivity index (χ0v) is 13.1. The number of nitrogens with one attached hydrogen (secondary N) is 2. The van der Waals surface area contributed by atoms with Crippen LogP contribution in [-0.2, 0) is 4.79 Å². The zero-order valence-electron chi connectivity index (χ0n) is 13.1. The SMILES string of the molecule is CC1NN2C(=O)C=C(c3cccnc3)NC2C1c1ccc(F)cc1. The van der Waals surface area contributed by atoms with Crippen LogP contribution in [-0.4, -0.2) is 28.1 Å². The third-order valence-corrected chi connectivity index (χ3v) is 4.54. The second-order valence-electron chi connectivity index (χ2n) is 6.09. The first kappa shape index (κ1) is 14.8. The number of nitrogens with zero attached hydrogens (tertiary/aromatic N) is 2. The lowest BCUT2D eigenvalue weighted by Gasteiger charge is -2.33. The van der Waals surface area contributed by atoms with Crippen molar-refractivity contribution in [2.24, 2.45) is 0 Å². The van der Waals surface area contributed by atoms with Gasteiger partial charge in [-0.15, -0.1) is 0 Å². The van der Waals surface area contributed by atoms with E-state index in [1.165, 1.54) is 12.1 Å². The van der Waals surface area contributed by atoms with E-state index in [0.29, 0.717) is 0 Å². The van der Waals surface area contributed by atoms with Crippen molar-refractivity contribution in [3.63, 3.8) is 0 Å². The number of benzene rings is 1. The number of carbonyl (C=O) groups is 1. The van der Waals surface area contributed by atoms with Gasteiger partial charge in [0, 0.05) is 36.0 Å². The van der Waals surface area contributed by atoms with Gasteiger partial charge in [-0.1, -0.05) is 12.1 Å². The average molecular weight is 324 g/mol. The van der Waals surface area contributed by atoms with Gasteiger partial charge in [0.1, 0.15) is 12.0 Å². The fraction of sp³-hybridized carbons (Fsp3) is 0.222. The van der Waals surface area contributed by atoms with Crippen LogP contribution in [0, 0.1) is 5.82 Å². The molecular formula is C18H17FN4O. The Balaban J connectivity index is 1.69. The minimum absolute atomic E-state index is 0.00919. The van der Waals surface area contributed by atoms with Crippen LogP contribution in [0.4, 0.5) is 4.39 Å². The van der Waals surface area contributed by atoms with Crippen LogP contribution in [0.15, 0.2) is 54.9 Å². The number of hydrogen-bond acceptors (Lipinski definition) is 4. The van der Waals surface area contributed by atoms with E-state index in [-0.39, 0.29) is 29.8 Å². The van der Waals surface area contributed by atoms with Crippen LogP contribution in [0.3, 0.4) is 0 Å². The van der Waals surface area contributed by atoms with Gasteiger partial charge in [-0.25, -0.2) is 9.82 Å². The summed E-state index contributed by atoms with van der Waals surface area (Å²) in [5.74, 6) is -0.359. The number of fused-ring (bicyclic) bond motifs is 1. The van der Waals surface area contributed by atoms with Crippen molar-refractivity contribution in [2.75, 3.05) is 0 Å². The van der Waals surface area contributed by atoms with Crippen molar-refractivity contribution < 1.29 is 9.18 Å². The monoisotopic (exact) mass is 324 g/mol. The molecule has 6 heteroatoms. The van der Waals surface area contributed by atoms with Gasteiger partial charge in [0.25, 0.3) is 5.91 Å². The van der Waals surface area contributed by atoms with E-state index in [4.69, 9.17) is 0 Å². The summed E-state index contributed by atoms with van der Waals surface area (Å²) in [6.07, 6.45) is 4.75. The van der Waals surface area contributed by atoms with Gasteiger partial charge in [-0.05, 0) is 36.8 Å². The number of carbonyl (C=O) groups excluding carboxylic acids is 1. The Bertz CT molecular complexity index is 790. The average Bonchev–Trinajstić information content (AvgIpc) is 2.93. The molecule has 3 heterocycles. The first-order valence-corrected chi connectivity index (χ1v) is 7.87. The standard InChI is InChI=1S/C18H17FN4O/c1-11-17(12-4-6-14(19)7-5-12)18-21-15(9-16(24)23(18)22-11)13-3-2-8-20-10-13/h2-11,17-18,21-22H,1H3. The predicted molar refractivity (Wildman–Crippen MR) is 87.7 cm³/mol. The molecule has 3 unspecified atom stereocenters. The molecule has 3 atom stereocenters. The fourth-order valence-corrected chi connectivity index (χ4v) is 3.41. The van der Waals surface area contributed by atoms with E-state index in [9.17, 15) is 9.18 Å². The highest BCUT2D eigenvalue weighted by molar-refractivity contribution is 5.96. The van der Waals surface area contributed by atoms with E-state index in [2.05, 4.69) is 15.7 Å². The van der Waals surface area contributed by atoms with E-state index < -0.39 is 0 Å². The molecule has 2 aliphatic heterocycles. The molecule has 2 N–H and O–H groups in total. The van der Waals surface area contributed by atoms with Crippen molar-refractivity contribution in [1.82, 2.24) is 20.7 Å². The van der Waals surface area contributed by atoms with E-state index in [1.807, 2.05) is 19.1 Å². The van der Waals surface area contributed by atoms with Crippen molar-refractivity contribution in [1.29, 1.82) is 0 Å². The molecule has 0 saturated carbocycles. The molecule has 1 saturated heterocycles. The third kappa shape index (κ3) is 2.45. The summed E-state index contributed by atoms with van der Waals surface area (Å²) in [4.78, 5) is 16.6. The molecular weight excluding hydrogens is 307 g/mol. The maximum atomic E-state index is 13.2. The van der Waals surface area contributed by atoms with Crippen molar-refractivity contribution in [3.8, 4) is 0 Å². The summed E-state index contributed by atoms with van der Waals surface area (Å²) < 4.78 is 13.2. The van der Waals surface area contributed by atoms with Gasteiger partial charge >= 0.3 is 0 Å². The molecule has 24 heavy (non-hydrogen) atoms. The lowest BCUT2D eigenvalue weighted by molar-refractivity contribution is -0.130. The highest BCUT2D eigenvalue weighted by atomic mass is 19.1. The van der Waals surface area contributed by atoms with Gasteiger partial charge in [-0.2, -0.15) is 0 Å². The van der Waals surface area contributed by atoms with Gasteiger partial charge in [-0.3, -0.25) is 14.8 Å². The Labute approximate surface area is 139 Å². The molecule has 2 aromatic rings. The van der Waals surface area contributed by atoms with Gasteiger partial charge in [0.05, 0.1) is 5.70 Å². The lowest BCUT2D eigenvalue weighted by atomic mass is 9.90. The molecule has 0 radical (unpaired) electrons. The predicted octanol–water partition coefficient (Wildman–Crippen LogP) is 2.01. The molecule has 2 aliphatic rings. The molecule has 1 aromatic carbocycles. The first-order valence-electron chi connectivity index (χ1n) is 7.87. The number of hydrogen-bond donors (Lipinski definition) is 2. The topological polar surface area (TPSA) is 57.3 Å². The Morgan fingerprint density at radius 2 is 2.00 bits per heavy atom. The zero-order chi connectivity index (χ0) is 16.7. The first-order chi connectivity index (χ1) is 11.6. The molecule has 0 bridgehead atoms. The normalized spacial score (nSPS) is 25.9. The third-order valence-electron chi connectivity index (χ3n) is 4.54. The molecule has 4 rings (SSSR count). The van der Waals surface area contributed by atoms with Crippen LogP contribution in [0.2, 0.25) is 0 Å².